The number of amides is 2. The summed E-state index contributed by atoms with van der Waals surface area (Å²) >= 11 is 0. The van der Waals surface area contributed by atoms with Crippen molar-refractivity contribution in [3.8, 4) is 0 Å². The summed E-state index contributed by atoms with van der Waals surface area (Å²) in [6.07, 6.45) is 0.603. The van der Waals surface area contributed by atoms with E-state index in [9.17, 15) is 9.59 Å². The first-order valence-electron chi connectivity index (χ1n) is 4.91. The number of nitrogens with one attached hydrogen (secondary N) is 1. The quantitative estimate of drug-likeness (QED) is 0.621. The first-order valence-corrected chi connectivity index (χ1v) is 4.91. The largest absolute Gasteiger partial charge is 0.372 e. The van der Waals surface area contributed by atoms with E-state index in [2.05, 4.69) is 5.32 Å². The standard InChI is InChI=1S/C10H15NO3/c1-10(2,3)14-6-4-5-7(6)9(13)11-8(5)12/h5-7H,4H2,1-3H3,(H,11,12,13)/t5-,6+,7-/m1/s1. The molecule has 1 saturated heterocycles. The van der Waals surface area contributed by atoms with E-state index in [1.807, 2.05) is 20.8 Å². The number of ether oxygens (including phenoxy) is 1. The van der Waals surface area contributed by atoms with Crippen LogP contribution < -0.4 is 5.32 Å². The van der Waals surface area contributed by atoms with Gasteiger partial charge in [-0.15, -0.1) is 0 Å². The summed E-state index contributed by atoms with van der Waals surface area (Å²) in [6.45, 7) is 5.86. The molecule has 0 aromatic heterocycles. The van der Waals surface area contributed by atoms with Crippen molar-refractivity contribution in [3.63, 3.8) is 0 Å². The van der Waals surface area contributed by atoms with E-state index >= 15 is 0 Å². The van der Waals surface area contributed by atoms with Gasteiger partial charge in [-0.2, -0.15) is 0 Å². The smallest absolute Gasteiger partial charge is 0.233 e. The van der Waals surface area contributed by atoms with E-state index in [4.69, 9.17) is 4.74 Å². The normalized spacial score (nSPS) is 36.4. The lowest BCUT2D eigenvalue weighted by Crippen LogP contribution is -2.48. The summed E-state index contributed by atoms with van der Waals surface area (Å²) < 4.78 is 5.69. The average molecular weight is 197 g/mol. The predicted octanol–water partition coefficient (Wildman–Crippen LogP) is 0.463. The molecular weight excluding hydrogens is 182 g/mol. The second-order valence-electron chi connectivity index (χ2n) is 4.99. The molecule has 0 radical (unpaired) electrons. The minimum absolute atomic E-state index is 0.0774. The van der Waals surface area contributed by atoms with E-state index in [0.717, 1.165) is 0 Å². The van der Waals surface area contributed by atoms with Crippen LogP contribution in [-0.4, -0.2) is 23.5 Å². The number of fused-ring (bicyclic) bond motifs is 1. The molecule has 1 aliphatic heterocycles. The molecule has 0 spiro atoms. The number of hydrogen-bond donors (Lipinski definition) is 1. The van der Waals surface area contributed by atoms with Crippen molar-refractivity contribution in [1.29, 1.82) is 0 Å². The van der Waals surface area contributed by atoms with Gasteiger partial charge in [0.2, 0.25) is 11.8 Å². The Labute approximate surface area is 83.0 Å². The highest BCUT2D eigenvalue weighted by Gasteiger charge is 2.56. The van der Waals surface area contributed by atoms with Gasteiger partial charge < -0.3 is 4.74 Å². The first kappa shape index (κ1) is 9.65. The Morgan fingerprint density at radius 2 is 1.93 bits per heavy atom. The summed E-state index contributed by atoms with van der Waals surface area (Å²) in [7, 11) is 0. The van der Waals surface area contributed by atoms with Crippen molar-refractivity contribution in [2.24, 2.45) is 11.8 Å². The maximum Gasteiger partial charge on any atom is 0.233 e. The fraction of sp³-hybridized carbons (Fsp3) is 0.800. The van der Waals surface area contributed by atoms with Gasteiger partial charge in [-0.3, -0.25) is 14.9 Å². The minimum Gasteiger partial charge on any atom is -0.372 e. The number of hydrogen-bond acceptors (Lipinski definition) is 3. The predicted molar refractivity (Wildman–Crippen MR) is 49.4 cm³/mol. The highest BCUT2D eigenvalue weighted by molar-refractivity contribution is 6.06. The average Bonchev–Trinajstić information content (AvgIpc) is 2.14. The Kier molecular flexibility index (Phi) is 1.93. The maximum atomic E-state index is 11.3. The fourth-order valence-corrected chi connectivity index (χ4v) is 2.10. The molecule has 0 unspecified atom stereocenters. The van der Waals surface area contributed by atoms with Gasteiger partial charge in [0.15, 0.2) is 0 Å². The lowest BCUT2D eigenvalue weighted by Gasteiger charge is -2.40. The van der Waals surface area contributed by atoms with Crippen LogP contribution in [0.15, 0.2) is 0 Å². The monoisotopic (exact) mass is 197 g/mol. The zero-order valence-corrected chi connectivity index (χ0v) is 8.66. The zero-order chi connectivity index (χ0) is 10.5. The van der Waals surface area contributed by atoms with E-state index < -0.39 is 0 Å². The van der Waals surface area contributed by atoms with Crippen molar-refractivity contribution in [3.05, 3.63) is 0 Å². The van der Waals surface area contributed by atoms with E-state index in [0.29, 0.717) is 6.42 Å². The van der Waals surface area contributed by atoms with Gasteiger partial charge in [-0.1, -0.05) is 0 Å². The Hall–Kier alpha value is -0.900. The van der Waals surface area contributed by atoms with Crippen LogP contribution in [0.4, 0.5) is 0 Å². The van der Waals surface area contributed by atoms with Crippen molar-refractivity contribution < 1.29 is 14.3 Å². The van der Waals surface area contributed by atoms with E-state index in [1.165, 1.54) is 0 Å². The van der Waals surface area contributed by atoms with Crippen molar-refractivity contribution in [1.82, 2.24) is 5.32 Å². The minimum atomic E-state index is -0.248. The van der Waals surface area contributed by atoms with Crippen LogP contribution in [0, 0.1) is 11.8 Å². The summed E-state index contributed by atoms with van der Waals surface area (Å²) in [5.74, 6) is -0.661. The fourth-order valence-electron chi connectivity index (χ4n) is 2.10. The highest BCUT2D eigenvalue weighted by Crippen LogP contribution is 2.42. The van der Waals surface area contributed by atoms with Gasteiger partial charge in [-0.05, 0) is 27.2 Å². The van der Waals surface area contributed by atoms with Crippen LogP contribution >= 0.6 is 0 Å². The molecule has 1 saturated carbocycles. The van der Waals surface area contributed by atoms with Crippen molar-refractivity contribution >= 4 is 11.8 Å². The molecular formula is C10H15NO3. The maximum absolute atomic E-state index is 11.3. The van der Waals surface area contributed by atoms with Crippen LogP contribution in [0.25, 0.3) is 0 Å². The molecule has 1 aliphatic carbocycles. The third kappa shape index (κ3) is 1.43. The number of rotatable bonds is 1. The highest BCUT2D eigenvalue weighted by atomic mass is 16.5. The molecule has 2 rings (SSSR count). The number of imide groups is 1. The summed E-state index contributed by atoms with van der Waals surface area (Å²) in [5, 5.41) is 2.34. The van der Waals surface area contributed by atoms with Crippen molar-refractivity contribution in [2.45, 2.75) is 38.9 Å². The third-order valence-corrected chi connectivity index (χ3v) is 2.71. The summed E-state index contributed by atoms with van der Waals surface area (Å²) in [5.41, 5.74) is -0.248. The van der Waals surface area contributed by atoms with Gasteiger partial charge in [0.25, 0.3) is 0 Å². The lowest BCUT2D eigenvalue weighted by atomic mass is 9.72. The molecule has 3 atom stereocenters. The van der Waals surface area contributed by atoms with Crippen LogP contribution in [0.1, 0.15) is 27.2 Å². The summed E-state index contributed by atoms with van der Waals surface area (Å²) in [4.78, 5) is 22.5. The molecule has 2 aliphatic rings. The van der Waals surface area contributed by atoms with Crippen molar-refractivity contribution in [2.75, 3.05) is 0 Å². The third-order valence-electron chi connectivity index (χ3n) is 2.71. The number of carbonyl (C=O) groups is 2. The van der Waals surface area contributed by atoms with Crippen LogP contribution in [0.2, 0.25) is 0 Å². The molecule has 0 aromatic rings. The lowest BCUT2D eigenvalue weighted by molar-refractivity contribution is -0.161. The topological polar surface area (TPSA) is 55.4 Å². The molecule has 0 bridgehead atoms. The second-order valence-corrected chi connectivity index (χ2v) is 4.99. The molecule has 0 aromatic carbocycles. The Morgan fingerprint density at radius 3 is 2.43 bits per heavy atom. The second kappa shape index (κ2) is 2.79. The zero-order valence-electron chi connectivity index (χ0n) is 8.66. The SMILES string of the molecule is CC(C)(C)O[C@H]1C[C@H]2C(=O)NC(=O)[C@@H]12. The van der Waals surface area contributed by atoms with Gasteiger partial charge in [0.05, 0.1) is 23.5 Å². The molecule has 4 heteroatoms. The van der Waals surface area contributed by atoms with E-state index in [1.54, 1.807) is 0 Å². The van der Waals surface area contributed by atoms with E-state index in [-0.39, 0.29) is 35.4 Å². The molecule has 1 N–H and O–H groups in total. The van der Waals surface area contributed by atoms with Gasteiger partial charge in [0.1, 0.15) is 0 Å². The van der Waals surface area contributed by atoms with Crippen LogP contribution in [-0.2, 0) is 14.3 Å². The van der Waals surface area contributed by atoms with Gasteiger partial charge in [0, 0.05) is 0 Å². The van der Waals surface area contributed by atoms with Gasteiger partial charge in [-0.25, -0.2) is 0 Å². The molecule has 4 nitrogen and oxygen atoms in total. The Bertz CT molecular complexity index is 292. The Balaban J connectivity index is 2.01. The van der Waals surface area contributed by atoms with Crippen LogP contribution in [0.5, 0.6) is 0 Å². The first-order chi connectivity index (χ1) is 6.38. The van der Waals surface area contributed by atoms with Crippen LogP contribution in [0.3, 0.4) is 0 Å². The summed E-state index contributed by atoms with van der Waals surface area (Å²) in [6, 6.07) is 0. The molecule has 2 fully saturated rings. The molecule has 14 heavy (non-hydrogen) atoms. The molecule has 2 amide bonds. The van der Waals surface area contributed by atoms with Gasteiger partial charge >= 0.3 is 0 Å². The molecule has 78 valence electrons. The molecule has 1 heterocycles. The Morgan fingerprint density at radius 1 is 1.29 bits per heavy atom. The number of carbonyl (C=O) groups excluding carboxylic acids is 2.